The van der Waals surface area contributed by atoms with E-state index in [0.717, 1.165) is 6.92 Å². The van der Waals surface area contributed by atoms with Crippen molar-refractivity contribution >= 4 is 21.7 Å². The Bertz CT molecular complexity index is 470. The van der Waals surface area contributed by atoms with Crippen molar-refractivity contribution < 1.29 is 31.5 Å². The molecule has 0 aromatic heterocycles. The maximum atomic E-state index is 12.6. The van der Waals surface area contributed by atoms with Gasteiger partial charge in [0.05, 0.1) is 5.56 Å². The quantitative estimate of drug-likeness (QED) is 0.610. The summed E-state index contributed by atoms with van der Waals surface area (Å²) in [6.07, 6.45) is -4.86. The van der Waals surface area contributed by atoms with Crippen LogP contribution in [0, 0.1) is 0 Å². The molecule has 0 aliphatic heterocycles. The van der Waals surface area contributed by atoms with E-state index in [9.17, 15) is 26.7 Å². The molecule has 0 heterocycles. The van der Waals surface area contributed by atoms with Gasteiger partial charge in [0.1, 0.15) is 5.75 Å². The standard InChI is InChI=1S/C10H6BrF5O2/c1-4(17)5-2-8(18-9(12)13)6(3-7(5)11)10(14,15)16/h2-3,9H,1H3. The fraction of sp³-hybridized carbons (Fsp3) is 0.300. The lowest BCUT2D eigenvalue weighted by Crippen LogP contribution is -2.13. The number of Topliss-reactive ketones (excluding diaryl/α,β-unsaturated/α-hetero) is 1. The number of benzene rings is 1. The summed E-state index contributed by atoms with van der Waals surface area (Å²) in [5.41, 5.74) is -1.54. The van der Waals surface area contributed by atoms with Gasteiger partial charge in [0.25, 0.3) is 0 Å². The Morgan fingerprint density at radius 3 is 2.28 bits per heavy atom. The van der Waals surface area contributed by atoms with E-state index in [1.165, 1.54) is 0 Å². The van der Waals surface area contributed by atoms with Gasteiger partial charge in [-0.15, -0.1) is 0 Å². The van der Waals surface area contributed by atoms with Gasteiger partial charge in [-0.2, -0.15) is 22.0 Å². The second-order valence-corrected chi connectivity index (χ2v) is 4.11. The van der Waals surface area contributed by atoms with Crippen molar-refractivity contribution in [1.82, 2.24) is 0 Å². The Balaban J connectivity index is 3.42. The van der Waals surface area contributed by atoms with Gasteiger partial charge in [0, 0.05) is 10.0 Å². The molecule has 8 heteroatoms. The minimum absolute atomic E-state index is 0.135. The van der Waals surface area contributed by atoms with Crippen molar-refractivity contribution in [1.29, 1.82) is 0 Å². The van der Waals surface area contributed by atoms with Crippen molar-refractivity contribution in [2.24, 2.45) is 0 Å². The molecular formula is C10H6BrF5O2. The van der Waals surface area contributed by atoms with Crippen molar-refractivity contribution in [2.45, 2.75) is 19.7 Å². The van der Waals surface area contributed by atoms with Crippen LogP contribution in [0.5, 0.6) is 5.75 Å². The molecule has 0 bridgehead atoms. The van der Waals surface area contributed by atoms with Crippen LogP contribution in [0.2, 0.25) is 0 Å². The zero-order valence-electron chi connectivity index (χ0n) is 8.82. The van der Waals surface area contributed by atoms with E-state index in [1.807, 2.05) is 0 Å². The molecule has 0 spiro atoms. The first-order valence-corrected chi connectivity index (χ1v) is 5.28. The number of rotatable bonds is 3. The monoisotopic (exact) mass is 332 g/mol. The number of alkyl halides is 5. The van der Waals surface area contributed by atoms with Gasteiger partial charge in [0.2, 0.25) is 0 Å². The van der Waals surface area contributed by atoms with E-state index in [1.54, 1.807) is 0 Å². The van der Waals surface area contributed by atoms with Gasteiger partial charge < -0.3 is 4.74 Å². The highest BCUT2D eigenvalue weighted by molar-refractivity contribution is 9.10. The molecule has 0 aliphatic carbocycles. The van der Waals surface area contributed by atoms with Crippen LogP contribution in [0.25, 0.3) is 0 Å². The van der Waals surface area contributed by atoms with E-state index in [0.29, 0.717) is 12.1 Å². The first-order chi connectivity index (χ1) is 8.12. The average molecular weight is 333 g/mol. The zero-order valence-corrected chi connectivity index (χ0v) is 10.4. The first kappa shape index (κ1) is 14.9. The van der Waals surface area contributed by atoms with Gasteiger partial charge in [0.15, 0.2) is 5.78 Å². The minimum atomic E-state index is -4.86. The van der Waals surface area contributed by atoms with Crippen LogP contribution in [0.1, 0.15) is 22.8 Å². The van der Waals surface area contributed by atoms with Gasteiger partial charge in [-0.05, 0) is 19.1 Å². The van der Waals surface area contributed by atoms with Crippen LogP contribution in [0.15, 0.2) is 16.6 Å². The highest BCUT2D eigenvalue weighted by Gasteiger charge is 2.36. The zero-order chi connectivity index (χ0) is 14.1. The van der Waals surface area contributed by atoms with E-state index in [4.69, 9.17) is 0 Å². The Labute approximate surface area is 107 Å². The van der Waals surface area contributed by atoms with Crippen LogP contribution in [0.3, 0.4) is 0 Å². The number of carbonyl (C=O) groups is 1. The normalized spacial score (nSPS) is 11.8. The maximum Gasteiger partial charge on any atom is 0.420 e. The molecule has 1 aromatic carbocycles. The van der Waals surface area contributed by atoms with E-state index in [2.05, 4.69) is 20.7 Å². The number of hydrogen-bond donors (Lipinski definition) is 0. The van der Waals surface area contributed by atoms with Crippen molar-refractivity contribution in [3.8, 4) is 5.75 Å². The fourth-order valence-electron chi connectivity index (χ4n) is 1.24. The molecule has 100 valence electrons. The summed E-state index contributed by atoms with van der Waals surface area (Å²) in [4.78, 5) is 11.1. The summed E-state index contributed by atoms with van der Waals surface area (Å²) in [6, 6.07) is 1.18. The fourth-order valence-corrected chi connectivity index (χ4v) is 1.86. The molecule has 1 rings (SSSR count). The second kappa shape index (κ2) is 5.21. The predicted molar refractivity (Wildman–Crippen MR) is 55.8 cm³/mol. The molecular weight excluding hydrogens is 327 g/mol. The van der Waals surface area contributed by atoms with Crippen molar-refractivity contribution in [3.05, 3.63) is 27.7 Å². The number of ether oxygens (including phenoxy) is 1. The summed E-state index contributed by atoms with van der Waals surface area (Å²) in [7, 11) is 0. The second-order valence-electron chi connectivity index (χ2n) is 3.26. The Morgan fingerprint density at radius 1 is 1.33 bits per heavy atom. The smallest absolute Gasteiger partial charge is 0.420 e. The third kappa shape index (κ3) is 3.41. The third-order valence-electron chi connectivity index (χ3n) is 1.97. The lowest BCUT2D eigenvalue weighted by atomic mass is 10.1. The number of ketones is 1. The number of halogens is 6. The summed E-state index contributed by atoms with van der Waals surface area (Å²) < 4.78 is 65.5. The average Bonchev–Trinajstić information content (AvgIpc) is 2.17. The SMILES string of the molecule is CC(=O)c1cc(OC(F)F)c(C(F)(F)F)cc1Br. The molecule has 0 atom stereocenters. The highest BCUT2D eigenvalue weighted by Crippen LogP contribution is 2.40. The Hall–Kier alpha value is -1.18. The lowest BCUT2D eigenvalue weighted by Gasteiger charge is -2.15. The van der Waals surface area contributed by atoms with Gasteiger partial charge >= 0.3 is 12.8 Å². The molecule has 0 saturated carbocycles. The van der Waals surface area contributed by atoms with Crippen molar-refractivity contribution in [3.63, 3.8) is 0 Å². The molecule has 2 nitrogen and oxygen atoms in total. The van der Waals surface area contributed by atoms with Crippen LogP contribution in [-0.2, 0) is 6.18 Å². The molecule has 0 amide bonds. The van der Waals surface area contributed by atoms with Crippen LogP contribution in [0.4, 0.5) is 22.0 Å². The van der Waals surface area contributed by atoms with E-state index >= 15 is 0 Å². The molecule has 1 aromatic rings. The van der Waals surface area contributed by atoms with Crippen LogP contribution in [-0.4, -0.2) is 12.4 Å². The molecule has 0 saturated heterocycles. The number of hydrogen-bond acceptors (Lipinski definition) is 2. The molecule has 0 aliphatic rings. The minimum Gasteiger partial charge on any atom is -0.434 e. The molecule has 0 fully saturated rings. The van der Waals surface area contributed by atoms with Gasteiger partial charge in [-0.25, -0.2) is 0 Å². The topological polar surface area (TPSA) is 26.3 Å². The van der Waals surface area contributed by atoms with Gasteiger partial charge in [-0.3, -0.25) is 4.79 Å². The summed E-state index contributed by atoms with van der Waals surface area (Å²) in [6.45, 7) is -2.31. The largest absolute Gasteiger partial charge is 0.434 e. The molecule has 0 unspecified atom stereocenters. The Kier molecular flexibility index (Phi) is 4.31. The summed E-state index contributed by atoms with van der Waals surface area (Å²) in [5.74, 6) is -1.65. The van der Waals surface area contributed by atoms with E-state index in [-0.39, 0.29) is 10.0 Å². The molecule has 0 N–H and O–H groups in total. The molecule has 0 radical (unpaired) electrons. The summed E-state index contributed by atoms with van der Waals surface area (Å²) in [5, 5.41) is 0. The maximum absolute atomic E-state index is 12.6. The Morgan fingerprint density at radius 2 is 1.89 bits per heavy atom. The van der Waals surface area contributed by atoms with E-state index < -0.39 is 29.9 Å². The first-order valence-electron chi connectivity index (χ1n) is 4.49. The van der Waals surface area contributed by atoms with Crippen LogP contribution >= 0.6 is 15.9 Å². The molecule has 18 heavy (non-hydrogen) atoms. The van der Waals surface area contributed by atoms with Crippen molar-refractivity contribution in [2.75, 3.05) is 0 Å². The highest BCUT2D eigenvalue weighted by atomic mass is 79.9. The third-order valence-corrected chi connectivity index (χ3v) is 2.63. The number of carbonyl (C=O) groups excluding carboxylic acids is 1. The lowest BCUT2D eigenvalue weighted by molar-refractivity contribution is -0.141. The summed E-state index contributed by atoms with van der Waals surface area (Å²) >= 11 is 2.78. The predicted octanol–water partition coefficient (Wildman–Crippen LogP) is 4.27. The van der Waals surface area contributed by atoms with Gasteiger partial charge in [-0.1, -0.05) is 15.9 Å². The van der Waals surface area contributed by atoms with Crippen LogP contribution < -0.4 is 4.74 Å².